The minimum Gasteiger partial charge on any atom is -0.283 e. The third kappa shape index (κ3) is 12.3. The summed E-state index contributed by atoms with van der Waals surface area (Å²) in [4.78, 5) is 49.5. The van der Waals surface area contributed by atoms with E-state index in [9.17, 15) is 14.5 Å². The molecule has 0 saturated carbocycles. The molecule has 2 aromatic heterocycles. The van der Waals surface area contributed by atoms with Crippen molar-refractivity contribution in [3.05, 3.63) is 144 Å². The van der Waals surface area contributed by atoms with Crippen LogP contribution >= 0.6 is 46.4 Å². The summed E-state index contributed by atoms with van der Waals surface area (Å²) in [6.45, 7) is 6.94. The van der Waals surface area contributed by atoms with Crippen molar-refractivity contribution in [3.63, 3.8) is 0 Å². The van der Waals surface area contributed by atoms with E-state index in [0.717, 1.165) is 87.0 Å². The predicted octanol–water partition coefficient (Wildman–Crippen LogP) is 10.7. The van der Waals surface area contributed by atoms with Gasteiger partial charge in [0.25, 0.3) is 11.8 Å². The van der Waals surface area contributed by atoms with Gasteiger partial charge in [-0.1, -0.05) is 107 Å². The number of nitrogens with zero attached hydrogens (tertiary/aromatic N) is 7. The Labute approximate surface area is 426 Å². The number of hydrogen-bond acceptors (Lipinski definition) is 9. The Hall–Kier alpha value is -6.36. The quantitative estimate of drug-likeness (QED) is 0.0620. The van der Waals surface area contributed by atoms with Gasteiger partial charge in [0.15, 0.2) is 24.6 Å². The Bertz CT molecular complexity index is 2810. The largest absolute Gasteiger partial charge is 0.477 e. The summed E-state index contributed by atoms with van der Waals surface area (Å²) in [5.74, 6) is 11.7. The number of benzene rings is 4. The molecule has 0 radical (unpaired) electrons. The highest BCUT2D eigenvalue weighted by Crippen LogP contribution is 2.35. The summed E-state index contributed by atoms with van der Waals surface area (Å²) in [6, 6.07) is 25.4. The number of aromatic nitrogens is 4. The predicted molar refractivity (Wildman–Crippen MR) is 272 cm³/mol. The molecule has 18 heteroatoms. The van der Waals surface area contributed by atoms with Crippen LogP contribution in [0.1, 0.15) is 94.6 Å². The third-order valence-electron chi connectivity index (χ3n) is 11.8. The molecule has 0 atom stereocenters. The summed E-state index contributed by atoms with van der Waals surface area (Å²) in [7, 11) is 0. The second-order valence-corrected chi connectivity index (χ2v) is 18.5. The van der Waals surface area contributed by atoms with Crippen LogP contribution in [0.5, 0.6) is 0 Å². The van der Waals surface area contributed by atoms with Crippen molar-refractivity contribution in [3.8, 4) is 57.6 Å². The SMILES string of the molecule is Cc1c(C(=O)NN2CCCCC2)nn(-c2ccc(Cl)cc2Cl)c1-c1ccc(C#CCCO[N+](=O)OCCC#Cc2ccc(-c3c(C)c(C(=O)NN4CCCCC4)nn3-c3ccc(Cl)cc3Cl)cc2)cc1. The maximum atomic E-state index is 13.5. The number of amides is 2. The van der Waals surface area contributed by atoms with Crippen molar-refractivity contribution in [2.45, 2.75) is 65.2 Å². The van der Waals surface area contributed by atoms with Gasteiger partial charge >= 0.3 is 5.09 Å². The van der Waals surface area contributed by atoms with E-state index in [1.165, 1.54) is 0 Å². The molecular formula is C52H50Cl4N9O5+. The fourth-order valence-corrected chi connectivity index (χ4v) is 9.27. The normalized spacial score (nSPS) is 13.9. The number of nitrogens with one attached hydrogen (secondary N) is 2. The Balaban J connectivity index is 0.833. The lowest BCUT2D eigenvalue weighted by atomic mass is 10.0. The van der Waals surface area contributed by atoms with Crippen molar-refractivity contribution < 1.29 is 24.4 Å². The first-order valence-electron chi connectivity index (χ1n) is 23.1. The van der Waals surface area contributed by atoms with Crippen LogP contribution in [0.25, 0.3) is 33.9 Å². The van der Waals surface area contributed by atoms with Gasteiger partial charge in [-0.2, -0.15) is 19.9 Å². The van der Waals surface area contributed by atoms with Crippen molar-refractivity contribution in [1.82, 2.24) is 40.4 Å². The van der Waals surface area contributed by atoms with Gasteiger partial charge in [-0.05, 0) is 100 Å². The minimum atomic E-state index is -0.283. The lowest BCUT2D eigenvalue weighted by Crippen LogP contribution is -2.45. The zero-order valence-electron chi connectivity index (χ0n) is 38.7. The topological polar surface area (TPSA) is 139 Å². The molecule has 14 nitrogen and oxygen atoms in total. The highest BCUT2D eigenvalue weighted by molar-refractivity contribution is 6.36. The number of rotatable bonds is 14. The van der Waals surface area contributed by atoms with Gasteiger partial charge in [0.05, 0.1) is 45.6 Å². The van der Waals surface area contributed by atoms with Crippen molar-refractivity contribution in [2.75, 3.05) is 39.4 Å². The van der Waals surface area contributed by atoms with Gasteiger partial charge in [-0.15, -0.1) is 0 Å². The number of carbonyl (C=O) groups excluding carboxylic acids is 2. The molecule has 360 valence electrons. The van der Waals surface area contributed by atoms with Gasteiger partial charge in [-0.25, -0.2) is 19.4 Å². The summed E-state index contributed by atoms with van der Waals surface area (Å²) >= 11 is 25.7. The molecule has 0 aliphatic carbocycles. The van der Waals surface area contributed by atoms with Crippen LogP contribution in [-0.4, -0.2) is 85.9 Å². The van der Waals surface area contributed by atoms with E-state index in [2.05, 4.69) is 34.5 Å². The molecule has 4 aromatic carbocycles. The molecule has 2 fully saturated rings. The second-order valence-electron chi connectivity index (χ2n) is 16.8. The van der Waals surface area contributed by atoms with Crippen LogP contribution in [0.4, 0.5) is 0 Å². The van der Waals surface area contributed by atoms with Gasteiger partial charge in [0.2, 0.25) is 0 Å². The molecule has 2 aliphatic heterocycles. The van der Waals surface area contributed by atoms with E-state index in [1.807, 2.05) is 72.4 Å². The van der Waals surface area contributed by atoms with Gasteiger partial charge in [-0.3, -0.25) is 20.4 Å². The highest BCUT2D eigenvalue weighted by atomic mass is 35.5. The van der Waals surface area contributed by atoms with E-state index >= 15 is 0 Å². The Morgan fingerprint density at radius 2 is 0.971 bits per heavy atom. The molecule has 0 spiro atoms. The first-order valence-corrected chi connectivity index (χ1v) is 24.6. The summed E-state index contributed by atoms with van der Waals surface area (Å²) in [6.07, 6.45) is 6.93. The van der Waals surface area contributed by atoms with Crippen LogP contribution in [-0.2, 0) is 9.68 Å². The monoisotopic (exact) mass is 1020 g/mol. The van der Waals surface area contributed by atoms with Gasteiger partial charge in [0, 0.05) is 69.6 Å². The average Bonchev–Trinajstić information content (AvgIpc) is 3.88. The van der Waals surface area contributed by atoms with Gasteiger partial charge in [0.1, 0.15) is 4.91 Å². The van der Waals surface area contributed by atoms with Crippen molar-refractivity contribution in [2.24, 2.45) is 0 Å². The van der Waals surface area contributed by atoms with Crippen molar-refractivity contribution in [1.29, 1.82) is 0 Å². The van der Waals surface area contributed by atoms with Crippen molar-refractivity contribution >= 4 is 58.2 Å². The molecule has 6 aromatic rings. The number of hydrazine groups is 2. The maximum absolute atomic E-state index is 13.5. The molecule has 0 bridgehead atoms. The fraction of sp³-hybridized carbons (Fsp3) is 0.308. The summed E-state index contributed by atoms with van der Waals surface area (Å²) in [5.41, 5.74) is 13.7. The first-order chi connectivity index (χ1) is 33.9. The Morgan fingerprint density at radius 3 is 1.34 bits per heavy atom. The molecule has 8 rings (SSSR count). The van der Waals surface area contributed by atoms with E-state index < -0.39 is 0 Å². The standard InChI is InChI=1S/C52H49Cl4N9O5/c1-35-47(51(66)59-61-27-7-3-8-28-61)57-63(45-25-23-41(53)33-43(45)55)49(35)39-19-15-37(16-20-39)13-5-11-31-69-65(68)70-32-12-6-14-38-17-21-40(22-18-38)50-36(2)48(52(67)60-62-29-9-4-10-30-62)58-64(50)46-26-24-42(54)34-44(46)56/h15-26,33-34H,3-4,7-12,27-32H2,1-2H3,(H-,59,60,66,67)/p+1. The second kappa shape index (κ2) is 23.5. The zero-order chi connectivity index (χ0) is 49.1. The molecule has 2 saturated heterocycles. The molecule has 70 heavy (non-hydrogen) atoms. The Morgan fingerprint density at radius 1 is 0.586 bits per heavy atom. The summed E-state index contributed by atoms with van der Waals surface area (Å²) in [5, 5.41) is 15.2. The Kier molecular flexibility index (Phi) is 16.8. The fourth-order valence-electron chi connectivity index (χ4n) is 8.29. The first kappa shape index (κ1) is 50.0. The van der Waals surface area contributed by atoms with Crippen LogP contribution in [0.3, 0.4) is 0 Å². The van der Waals surface area contributed by atoms with E-state index in [0.29, 0.717) is 65.4 Å². The molecular weight excluding hydrogens is 972 g/mol. The van der Waals surface area contributed by atoms with E-state index in [-0.39, 0.29) is 43.0 Å². The van der Waals surface area contributed by atoms with E-state index in [1.54, 1.807) is 45.8 Å². The van der Waals surface area contributed by atoms with Gasteiger partial charge < -0.3 is 0 Å². The van der Waals surface area contributed by atoms with Crippen LogP contribution < -0.4 is 10.9 Å². The van der Waals surface area contributed by atoms with E-state index in [4.69, 9.17) is 66.3 Å². The zero-order valence-corrected chi connectivity index (χ0v) is 41.7. The summed E-state index contributed by atoms with van der Waals surface area (Å²) < 4.78 is 3.35. The smallest absolute Gasteiger partial charge is 0.283 e. The average molecular weight is 1020 g/mol. The molecule has 2 N–H and O–H groups in total. The molecule has 0 unspecified atom stereocenters. The molecule has 2 amide bonds. The molecule has 4 heterocycles. The lowest BCUT2D eigenvalue weighted by Gasteiger charge is -2.26. The highest BCUT2D eigenvalue weighted by Gasteiger charge is 2.27. The lowest BCUT2D eigenvalue weighted by molar-refractivity contribution is -0.981. The molecule has 2 aliphatic rings. The van der Waals surface area contributed by atoms with Crippen LogP contribution in [0.15, 0.2) is 84.9 Å². The van der Waals surface area contributed by atoms with Crippen LogP contribution in [0, 0.1) is 42.4 Å². The third-order valence-corrected chi connectivity index (χ3v) is 12.9. The number of hydrogen-bond donors (Lipinski definition) is 2. The maximum Gasteiger partial charge on any atom is 0.477 e. The number of piperidine rings is 2. The number of halogens is 4. The minimum absolute atomic E-state index is 0.0162. The number of carbonyl (C=O) groups is 2. The van der Waals surface area contributed by atoms with Crippen LogP contribution in [0.2, 0.25) is 20.1 Å².